The Bertz CT molecular complexity index is 1500. The molecule has 1 heterocycles. The van der Waals surface area contributed by atoms with E-state index in [4.69, 9.17) is 47.0 Å². The van der Waals surface area contributed by atoms with Crippen LogP contribution in [-0.4, -0.2) is 74.2 Å². The number of aryl methyl sites for hydroxylation is 1. The number of rotatable bonds is 21. The molecular weight excluding hydrogens is 683 g/mol. The Morgan fingerprint density at radius 2 is 1.06 bits per heavy atom. The lowest BCUT2D eigenvalue weighted by atomic mass is 9.97. The van der Waals surface area contributed by atoms with E-state index in [0.717, 1.165) is 54.7 Å². The Morgan fingerprint density at radius 3 is 1.55 bits per heavy atom. The zero-order valence-electron chi connectivity index (χ0n) is 29.8. The van der Waals surface area contributed by atoms with E-state index in [0.29, 0.717) is 38.1 Å². The Balaban J connectivity index is 1.30. The van der Waals surface area contributed by atoms with Crippen LogP contribution in [0.2, 0.25) is 0 Å². The molecule has 1 unspecified atom stereocenters. The van der Waals surface area contributed by atoms with Crippen molar-refractivity contribution in [1.82, 2.24) is 5.06 Å². The van der Waals surface area contributed by atoms with Gasteiger partial charge in [0.15, 0.2) is 6.23 Å². The number of hydrogen-bond acceptors (Lipinski definition) is 7. The van der Waals surface area contributed by atoms with Crippen molar-refractivity contribution in [3.63, 3.8) is 0 Å². The number of alkyl halides is 2. The molecule has 1 aliphatic rings. The number of halogens is 2. The van der Waals surface area contributed by atoms with Crippen LogP contribution >= 0.6 is 23.2 Å². The van der Waals surface area contributed by atoms with E-state index in [1.807, 2.05) is 66.6 Å². The lowest BCUT2D eigenvalue weighted by Crippen LogP contribution is -2.63. The maximum absolute atomic E-state index is 6.78. The maximum atomic E-state index is 6.78. The van der Waals surface area contributed by atoms with Crippen LogP contribution in [0.3, 0.4) is 0 Å². The van der Waals surface area contributed by atoms with Gasteiger partial charge in [0.2, 0.25) is 0 Å². The molecule has 0 bridgehead atoms. The fraction of sp³-hybridized carbons (Fsp3) is 0.429. The van der Waals surface area contributed by atoms with Crippen LogP contribution in [-0.2, 0) is 50.0 Å². The molecular formula is C42H52Cl2N2O5. The van der Waals surface area contributed by atoms with Gasteiger partial charge in [-0.15, -0.1) is 23.2 Å². The number of benzene rings is 4. The van der Waals surface area contributed by atoms with E-state index in [1.54, 1.807) is 7.11 Å². The normalized spacial score (nSPS) is 20.5. The Kier molecular flexibility index (Phi) is 16.6. The third kappa shape index (κ3) is 12.0. The van der Waals surface area contributed by atoms with Crippen molar-refractivity contribution in [2.45, 2.75) is 76.7 Å². The van der Waals surface area contributed by atoms with Gasteiger partial charge in [-0.25, -0.2) is 0 Å². The zero-order valence-corrected chi connectivity index (χ0v) is 31.3. The fourth-order valence-electron chi connectivity index (χ4n) is 6.49. The van der Waals surface area contributed by atoms with Crippen LogP contribution in [0, 0.1) is 0 Å². The van der Waals surface area contributed by atoms with Crippen LogP contribution in [0.25, 0.3) is 0 Å². The van der Waals surface area contributed by atoms with Crippen LogP contribution < -0.4 is 4.90 Å². The second-order valence-electron chi connectivity index (χ2n) is 12.8. The first-order valence-electron chi connectivity index (χ1n) is 18.0. The molecule has 51 heavy (non-hydrogen) atoms. The molecule has 0 aromatic heterocycles. The first-order valence-corrected chi connectivity index (χ1v) is 19.0. The summed E-state index contributed by atoms with van der Waals surface area (Å²) in [6, 6.07) is 39.3. The number of nitrogens with zero attached hydrogens (tertiary/aromatic N) is 2. The maximum Gasteiger partial charge on any atom is 0.162 e. The molecule has 7 nitrogen and oxygen atoms in total. The second kappa shape index (κ2) is 21.5. The first-order chi connectivity index (χ1) is 25.1. The van der Waals surface area contributed by atoms with Gasteiger partial charge in [-0.2, -0.15) is 5.06 Å². The van der Waals surface area contributed by atoms with E-state index in [-0.39, 0.29) is 12.2 Å². The predicted molar refractivity (Wildman–Crippen MR) is 206 cm³/mol. The predicted octanol–water partition coefficient (Wildman–Crippen LogP) is 8.66. The van der Waals surface area contributed by atoms with Gasteiger partial charge in [-0.05, 0) is 60.6 Å². The van der Waals surface area contributed by atoms with Gasteiger partial charge in [0, 0.05) is 37.1 Å². The molecule has 0 radical (unpaired) electrons. The molecule has 1 fully saturated rings. The number of anilines is 1. The molecule has 0 aliphatic carbocycles. The van der Waals surface area contributed by atoms with Crippen molar-refractivity contribution < 1.29 is 23.8 Å². The summed E-state index contributed by atoms with van der Waals surface area (Å²) in [5, 5.41) is 1.91. The van der Waals surface area contributed by atoms with Crippen molar-refractivity contribution in [2.75, 3.05) is 43.4 Å². The van der Waals surface area contributed by atoms with Crippen LogP contribution in [0.5, 0.6) is 0 Å². The van der Waals surface area contributed by atoms with Crippen LogP contribution in [0.4, 0.5) is 5.69 Å². The SMILES string of the molecule is CON(CCCCc1ccc(N(CCCl)CCCl)cc1)C1O[C@@H](C)[C@@H](OCc2ccccc2)[C@@H](OCc2ccccc2)[C@@H]1OCc1ccccc1. The quantitative estimate of drug-likeness (QED) is 0.0483. The first kappa shape index (κ1) is 39.2. The third-order valence-electron chi connectivity index (χ3n) is 9.22. The number of ether oxygens (including phenoxy) is 4. The average molecular weight is 736 g/mol. The third-order valence-corrected chi connectivity index (χ3v) is 9.56. The molecule has 274 valence electrons. The summed E-state index contributed by atoms with van der Waals surface area (Å²) in [5.41, 5.74) is 5.68. The molecule has 0 N–H and O–H groups in total. The van der Waals surface area contributed by atoms with Gasteiger partial charge in [-0.1, -0.05) is 103 Å². The highest BCUT2D eigenvalue weighted by Crippen LogP contribution is 2.32. The van der Waals surface area contributed by atoms with Gasteiger partial charge in [0.25, 0.3) is 0 Å². The summed E-state index contributed by atoms with van der Waals surface area (Å²) in [6.45, 7) is 5.52. The molecule has 1 aliphatic heterocycles. The molecule has 5 atom stereocenters. The molecule has 9 heteroatoms. The zero-order chi connectivity index (χ0) is 35.7. The fourth-order valence-corrected chi connectivity index (χ4v) is 6.89. The van der Waals surface area contributed by atoms with Crippen molar-refractivity contribution in [2.24, 2.45) is 0 Å². The molecule has 0 amide bonds. The Labute approximate surface area is 314 Å². The van der Waals surface area contributed by atoms with E-state index in [9.17, 15) is 0 Å². The van der Waals surface area contributed by atoms with Crippen molar-refractivity contribution in [3.8, 4) is 0 Å². The highest BCUT2D eigenvalue weighted by Gasteiger charge is 2.49. The average Bonchev–Trinajstić information content (AvgIpc) is 3.17. The molecule has 5 rings (SSSR count). The van der Waals surface area contributed by atoms with Gasteiger partial charge >= 0.3 is 0 Å². The minimum atomic E-state index is -0.514. The minimum absolute atomic E-state index is 0.288. The monoisotopic (exact) mass is 734 g/mol. The van der Waals surface area contributed by atoms with E-state index >= 15 is 0 Å². The molecule has 4 aromatic rings. The van der Waals surface area contributed by atoms with E-state index < -0.39 is 18.4 Å². The number of hydroxylamine groups is 2. The van der Waals surface area contributed by atoms with Crippen molar-refractivity contribution >= 4 is 28.9 Å². The number of unbranched alkanes of at least 4 members (excludes halogenated alkanes) is 1. The van der Waals surface area contributed by atoms with Gasteiger partial charge in [0.1, 0.15) is 18.3 Å². The molecule has 1 saturated heterocycles. The lowest BCUT2D eigenvalue weighted by molar-refractivity contribution is -0.341. The summed E-state index contributed by atoms with van der Waals surface area (Å²) >= 11 is 12.0. The highest BCUT2D eigenvalue weighted by atomic mass is 35.5. The smallest absolute Gasteiger partial charge is 0.162 e. The summed E-state index contributed by atoms with van der Waals surface area (Å²) < 4.78 is 26.9. The molecule has 0 spiro atoms. The summed E-state index contributed by atoms with van der Waals surface area (Å²) in [6.07, 6.45) is 0.741. The van der Waals surface area contributed by atoms with Crippen molar-refractivity contribution in [1.29, 1.82) is 0 Å². The highest BCUT2D eigenvalue weighted by molar-refractivity contribution is 6.18. The Hall–Kier alpha value is -2.98. The van der Waals surface area contributed by atoms with Crippen molar-refractivity contribution in [3.05, 3.63) is 138 Å². The van der Waals surface area contributed by atoms with E-state index in [2.05, 4.69) is 65.6 Å². The topological polar surface area (TPSA) is 52.6 Å². The minimum Gasteiger partial charge on any atom is -0.369 e. The van der Waals surface area contributed by atoms with Gasteiger partial charge < -0.3 is 23.8 Å². The van der Waals surface area contributed by atoms with E-state index in [1.165, 1.54) is 5.56 Å². The largest absolute Gasteiger partial charge is 0.369 e. The van der Waals surface area contributed by atoms with Crippen LogP contribution in [0.15, 0.2) is 115 Å². The summed E-state index contributed by atoms with van der Waals surface area (Å²) in [4.78, 5) is 8.26. The summed E-state index contributed by atoms with van der Waals surface area (Å²) in [5.74, 6) is 1.13. The number of hydrogen-bond donors (Lipinski definition) is 0. The molecule has 4 aromatic carbocycles. The second-order valence-corrected chi connectivity index (χ2v) is 13.6. The van der Waals surface area contributed by atoms with Gasteiger partial charge in [-0.3, -0.25) is 4.84 Å². The van der Waals surface area contributed by atoms with Gasteiger partial charge in [0.05, 0.1) is 33.0 Å². The molecule has 0 saturated carbocycles. The lowest BCUT2D eigenvalue weighted by Gasteiger charge is -2.48. The Morgan fingerprint density at radius 1 is 0.569 bits per heavy atom. The van der Waals surface area contributed by atoms with Crippen LogP contribution in [0.1, 0.15) is 42.0 Å². The standard InChI is InChI=1S/C42H52Cl2N2O5/c1-33-39(48-30-35-15-6-3-7-16-35)40(49-31-36-17-8-4-9-18-36)41(50-32-37-19-10-5-11-20-37)42(51-33)46(47-2)27-13-12-14-34-21-23-38(24-22-34)45(28-25-43)29-26-44/h3-11,15-24,33,39-42H,12-14,25-32H2,1-2H3/t33-,39+,40+,41-,42?/m0/s1. The summed E-state index contributed by atoms with van der Waals surface area (Å²) in [7, 11) is 1.70.